The second-order valence-corrected chi connectivity index (χ2v) is 5.83. The highest BCUT2D eigenvalue weighted by atomic mass is 32.2. The Kier molecular flexibility index (Phi) is 5.03. The molecule has 20 heavy (non-hydrogen) atoms. The molecule has 1 N–H and O–H groups in total. The normalized spacial score (nSPS) is 16.4. The Morgan fingerprint density at radius 3 is 2.80 bits per heavy atom. The lowest BCUT2D eigenvalue weighted by atomic mass is 10.2. The van der Waals surface area contributed by atoms with E-state index in [1.807, 2.05) is 25.1 Å². The van der Waals surface area contributed by atoms with E-state index in [1.54, 1.807) is 13.2 Å². The van der Waals surface area contributed by atoms with Crippen LogP contribution in [0.25, 0.3) is 6.08 Å². The Balaban J connectivity index is 2.26. The molecule has 1 aliphatic rings. The van der Waals surface area contributed by atoms with Gasteiger partial charge in [0, 0.05) is 0 Å². The molecule has 0 spiro atoms. The maximum Gasteiger partial charge on any atom is 0.263 e. The van der Waals surface area contributed by atoms with Crippen LogP contribution >= 0.6 is 24.0 Å². The molecule has 0 unspecified atom stereocenters. The summed E-state index contributed by atoms with van der Waals surface area (Å²) in [4.78, 5) is 12.2. The van der Waals surface area contributed by atoms with E-state index in [0.29, 0.717) is 27.3 Å². The number of thioether (sulfide) groups is 1. The second kappa shape index (κ2) is 6.76. The Labute approximate surface area is 127 Å². The number of methoxy groups -OCH3 is 1. The molecule has 2 rings (SSSR count). The van der Waals surface area contributed by atoms with Gasteiger partial charge in [-0.25, -0.2) is 0 Å². The van der Waals surface area contributed by atoms with Crippen molar-refractivity contribution in [3.05, 3.63) is 28.7 Å². The minimum atomic E-state index is -0.160. The fourth-order valence-corrected chi connectivity index (χ4v) is 2.72. The fourth-order valence-electron chi connectivity index (χ4n) is 1.68. The van der Waals surface area contributed by atoms with Crippen LogP contribution < -0.4 is 14.8 Å². The third-order valence-corrected chi connectivity index (χ3v) is 3.75. The summed E-state index contributed by atoms with van der Waals surface area (Å²) < 4.78 is 11.4. The maximum absolute atomic E-state index is 11.6. The third kappa shape index (κ3) is 3.52. The molecule has 0 aromatic heterocycles. The highest BCUT2D eigenvalue weighted by Gasteiger charge is 2.22. The molecule has 1 fully saturated rings. The van der Waals surface area contributed by atoms with Gasteiger partial charge in [-0.15, -0.1) is 0 Å². The average Bonchev–Trinajstić information content (AvgIpc) is 2.75. The van der Waals surface area contributed by atoms with Crippen LogP contribution in [0.3, 0.4) is 0 Å². The molecule has 1 heterocycles. The van der Waals surface area contributed by atoms with Crippen LogP contribution in [0.4, 0.5) is 0 Å². The van der Waals surface area contributed by atoms with E-state index in [4.69, 9.17) is 21.7 Å². The Morgan fingerprint density at radius 2 is 2.20 bits per heavy atom. The first-order valence-corrected chi connectivity index (χ1v) is 7.42. The summed E-state index contributed by atoms with van der Waals surface area (Å²) in [6.45, 7) is 2.66. The van der Waals surface area contributed by atoms with Crippen molar-refractivity contribution in [1.82, 2.24) is 5.32 Å². The predicted molar refractivity (Wildman–Crippen MR) is 85.1 cm³/mol. The zero-order valence-electron chi connectivity index (χ0n) is 11.3. The summed E-state index contributed by atoms with van der Waals surface area (Å²) >= 11 is 6.22. The number of carbonyl (C=O) groups is 1. The molecule has 1 aromatic rings. The fraction of sp³-hybridized carbons (Fsp3) is 0.286. The summed E-state index contributed by atoms with van der Waals surface area (Å²) in [7, 11) is 1.60. The van der Waals surface area contributed by atoms with E-state index in [0.717, 1.165) is 12.0 Å². The molecule has 0 atom stereocenters. The Bertz CT molecular complexity index is 570. The van der Waals surface area contributed by atoms with Crippen LogP contribution in [-0.2, 0) is 4.79 Å². The van der Waals surface area contributed by atoms with Gasteiger partial charge < -0.3 is 14.8 Å². The standard InChI is InChI=1S/C14H15NO3S2/c1-3-6-18-11-7-9(4-5-10(11)17-2)8-12-13(16)15-14(19)20-12/h4-5,7-8H,3,6H2,1-2H3,(H,15,16,19)/b12-8-. The van der Waals surface area contributed by atoms with Gasteiger partial charge in [0.1, 0.15) is 4.32 Å². The summed E-state index contributed by atoms with van der Waals surface area (Å²) in [6, 6.07) is 5.56. The Hall–Kier alpha value is -1.53. The van der Waals surface area contributed by atoms with Crippen molar-refractivity contribution in [2.75, 3.05) is 13.7 Å². The molecule has 0 aliphatic carbocycles. The highest BCUT2D eigenvalue weighted by molar-refractivity contribution is 8.26. The molecule has 4 nitrogen and oxygen atoms in total. The molecule has 1 saturated heterocycles. The number of carbonyl (C=O) groups excluding carboxylic acids is 1. The zero-order valence-corrected chi connectivity index (χ0v) is 12.9. The van der Waals surface area contributed by atoms with Crippen LogP contribution in [0, 0.1) is 0 Å². The molecule has 0 saturated carbocycles. The lowest BCUT2D eigenvalue weighted by Crippen LogP contribution is -2.17. The van der Waals surface area contributed by atoms with Crippen molar-refractivity contribution >= 4 is 40.3 Å². The molecule has 0 bridgehead atoms. The quantitative estimate of drug-likeness (QED) is 0.669. The van der Waals surface area contributed by atoms with Crippen molar-refractivity contribution in [3.8, 4) is 11.5 Å². The first-order valence-electron chi connectivity index (χ1n) is 6.19. The molecule has 1 amide bonds. The number of hydrogen-bond donors (Lipinski definition) is 1. The van der Waals surface area contributed by atoms with Crippen LogP contribution in [0.15, 0.2) is 23.1 Å². The number of nitrogens with one attached hydrogen (secondary N) is 1. The molecule has 0 radical (unpaired) electrons. The monoisotopic (exact) mass is 309 g/mol. The third-order valence-electron chi connectivity index (χ3n) is 2.59. The Morgan fingerprint density at radius 1 is 1.40 bits per heavy atom. The summed E-state index contributed by atoms with van der Waals surface area (Å²) in [5, 5.41) is 2.59. The number of amides is 1. The van der Waals surface area contributed by atoms with E-state index < -0.39 is 0 Å². The number of rotatable bonds is 5. The summed E-state index contributed by atoms with van der Waals surface area (Å²) in [5.74, 6) is 1.20. The van der Waals surface area contributed by atoms with Gasteiger partial charge >= 0.3 is 0 Å². The lowest BCUT2D eigenvalue weighted by Gasteiger charge is -2.10. The van der Waals surface area contributed by atoms with Crippen molar-refractivity contribution < 1.29 is 14.3 Å². The van der Waals surface area contributed by atoms with Crippen LogP contribution in [0.1, 0.15) is 18.9 Å². The van der Waals surface area contributed by atoms with Gasteiger partial charge in [0.25, 0.3) is 5.91 Å². The van der Waals surface area contributed by atoms with Crippen molar-refractivity contribution in [1.29, 1.82) is 0 Å². The molecular weight excluding hydrogens is 294 g/mol. The molecule has 1 aromatic carbocycles. The van der Waals surface area contributed by atoms with Gasteiger partial charge in [-0.05, 0) is 30.2 Å². The molecular formula is C14H15NO3S2. The summed E-state index contributed by atoms with van der Waals surface area (Å²) in [5.41, 5.74) is 0.874. The second-order valence-electron chi connectivity index (χ2n) is 4.11. The smallest absolute Gasteiger partial charge is 0.263 e. The number of benzene rings is 1. The zero-order chi connectivity index (χ0) is 14.5. The lowest BCUT2D eigenvalue weighted by molar-refractivity contribution is -0.115. The SMILES string of the molecule is CCCOc1cc(/C=C2\SC(=S)NC2=O)ccc1OC. The number of ether oxygens (including phenoxy) is 2. The summed E-state index contributed by atoms with van der Waals surface area (Å²) in [6.07, 6.45) is 2.71. The molecule has 1 aliphatic heterocycles. The minimum absolute atomic E-state index is 0.160. The van der Waals surface area contributed by atoms with Crippen LogP contribution in [0.2, 0.25) is 0 Å². The van der Waals surface area contributed by atoms with Gasteiger partial charge in [-0.1, -0.05) is 37.0 Å². The first kappa shape index (κ1) is 14.9. The van der Waals surface area contributed by atoms with E-state index in [2.05, 4.69) is 5.32 Å². The highest BCUT2D eigenvalue weighted by Crippen LogP contribution is 2.31. The van der Waals surface area contributed by atoms with Gasteiger partial charge in [-0.3, -0.25) is 4.79 Å². The minimum Gasteiger partial charge on any atom is -0.493 e. The van der Waals surface area contributed by atoms with E-state index in [-0.39, 0.29) is 5.91 Å². The van der Waals surface area contributed by atoms with E-state index in [1.165, 1.54) is 11.8 Å². The van der Waals surface area contributed by atoms with Crippen molar-refractivity contribution in [2.24, 2.45) is 0 Å². The largest absolute Gasteiger partial charge is 0.493 e. The number of hydrogen-bond acceptors (Lipinski definition) is 5. The van der Waals surface area contributed by atoms with Gasteiger partial charge in [-0.2, -0.15) is 0 Å². The van der Waals surface area contributed by atoms with E-state index in [9.17, 15) is 4.79 Å². The van der Waals surface area contributed by atoms with Gasteiger partial charge in [0.15, 0.2) is 11.5 Å². The molecule has 106 valence electrons. The average molecular weight is 309 g/mol. The number of thiocarbonyl (C=S) groups is 1. The van der Waals surface area contributed by atoms with E-state index >= 15 is 0 Å². The van der Waals surface area contributed by atoms with Crippen molar-refractivity contribution in [3.63, 3.8) is 0 Å². The first-order chi connectivity index (χ1) is 9.63. The van der Waals surface area contributed by atoms with Crippen molar-refractivity contribution in [2.45, 2.75) is 13.3 Å². The molecule has 6 heteroatoms. The maximum atomic E-state index is 11.6. The van der Waals surface area contributed by atoms with Gasteiger partial charge in [0.2, 0.25) is 0 Å². The van der Waals surface area contributed by atoms with Crippen LogP contribution in [-0.4, -0.2) is 23.9 Å². The topological polar surface area (TPSA) is 47.6 Å². The predicted octanol–water partition coefficient (Wildman–Crippen LogP) is 2.97. The van der Waals surface area contributed by atoms with Crippen LogP contribution in [0.5, 0.6) is 11.5 Å². The van der Waals surface area contributed by atoms with Gasteiger partial charge in [0.05, 0.1) is 18.6 Å².